The highest BCUT2D eigenvalue weighted by Crippen LogP contribution is 2.36. The maximum absolute atomic E-state index is 13.2. The Hall–Kier alpha value is -1.65. The van der Waals surface area contributed by atoms with Crippen LogP contribution in [-0.4, -0.2) is 29.1 Å². The van der Waals surface area contributed by atoms with E-state index in [1.54, 1.807) is 0 Å². The van der Waals surface area contributed by atoms with Gasteiger partial charge in [-0.1, -0.05) is 0 Å². The van der Waals surface area contributed by atoms with Gasteiger partial charge in [0.2, 0.25) is 0 Å². The Labute approximate surface area is 111 Å². The lowest BCUT2D eigenvalue weighted by atomic mass is 10.2. The van der Waals surface area contributed by atoms with Crippen LogP contribution in [0.25, 0.3) is 0 Å². The first-order chi connectivity index (χ1) is 9.13. The lowest BCUT2D eigenvalue weighted by molar-refractivity contribution is 0.0696. The van der Waals surface area contributed by atoms with Crippen LogP contribution in [0.5, 0.6) is 0 Å². The quantitative estimate of drug-likeness (QED) is 0.858. The molecule has 1 aromatic heterocycles. The normalized spacial score (nSPS) is 18.4. The van der Waals surface area contributed by atoms with Gasteiger partial charge in [0.05, 0.1) is 6.20 Å². The van der Waals surface area contributed by atoms with Crippen LogP contribution in [0.4, 0.5) is 10.2 Å². The van der Waals surface area contributed by atoms with Gasteiger partial charge in [0.1, 0.15) is 17.2 Å². The van der Waals surface area contributed by atoms with E-state index in [0.29, 0.717) is 17.7 Å². The molecular formula is C14H17FN2O2. The van der Waals surface area contributed by atoms with Crippen LogP contribution >= 0.6 is 0 Å². The van der Waals surface area contributed by atoms with Gasteiger partial charge in [-0.05, 0) is 43.6 Å². The Bertz CT molecular complexity index is 484. The van der Waals surface area contributed by atoms with Crippen LogP contribution in [0.15, 0.2) is 12.3 Å². The number of nitrogens with zero attached hydrogens (tertiary/aromatic N) is 2. The summed E-state index contributed by atoms with van der Waals surface area (Å²) in [5, 5.41) is 9.21. The van der Waals surface area contributed by atoms with E-state index in [2.05, 4.69) is 4.98 Å². The minimum absolute atomic E-state index is 0.0266. The SMILES string of the molecule is O=C(O)c1cc(F)cnc1N(CC1CC1)CC1CC1. The molecule has 0 bridgehead atoms. The molecule has 4 nitrogen and oxygen atoms in total. The molecule has 1 N–H and O–H groups in total. The molecule has 0 unspecified atom stereocenters. The standard InChI is InChI=1S/C14H17FN2O2/c15-11-5-12(14(18)19)13(16-6-11)17(7-9-1-2-9)8-10-3-4-10/h5-6,9-10H,1-4,7-8H2,(H,18,19). The number of pyridine rings is 1. The second-order valence-corrected chi connectivity index (χ2v) is 5.62. The van der Waals surface area contributed by atoms with E-state index in [-0.39, 0.29) is 5.56 Å². The Morgan fingerprint density at radius 2 is 1.89 bits per heavy atom. The number of aromatic nitrogens is 1. The highest BCUT2D eigenvalue weighted by atomic mass is 19.1. The number of carbonyl (C=O) groups is 1. The first kappa shape index (κ1) is 12.4. The largest absolute Gasteiger partial charge is 0.478 e. The number of hydrogen-bond donors (Lipinski definition) is 1. The van der Waals surface area contributed by atoms with E-state index in [1.165, 1.54) is 25.7 Å². The van der Waals surface area contributed by atoms with Gasteiger partial charge in [0, 0.05) is 13.1 Å². The lowest BCUT2D eigenvalue weighted by Gasteiger charge is -2.25. The van der Waals surface area contributed by atoms with Crippen molar-refractivity contribution >= 4 is 11.8 Å². The van der Waals surface area contributed by atoms with Crippen molar-refractivity contribution in [2.75, 3.05) is 18.0 Å². The van der Waals surface area contributed by atoms with Gasteiger partial charge < -0.3 is 10.0 Å². The monoisotopic (exact) mass is 264 g/mol. The average Bonchev–Trinajstić information content (AvgIpc) is 3.23. The van der Waals surface area contributed by atoms with Crippen molar-refractivity contribution < 1.29 is 14.3 Å². The highest BCUT2D eigenvalue weighted by Gasteiger charge is 2.31. The van der Waals surface area contributed by atoms with Gasteiger partial charge >= 0.3 is 5.97 Å². The second kappa shape index (κ2) is 4.79. The molecule has 2 aliphatic carbocycles. The Balaban J connectivity index is 1.88. The predicted octanol–water partition coefficient (Wildman–Crippen LogP) is 2.55. The van der Waals surface area contributed by atoms with Crippen molar-refractivity contribution in [2.45, 2.75) is 25.7 Å². The van der Waals surface area contributed by atoms with Crippen LogP contribution < -0.4 is 4.90 Å². The van der Waals surface area contributed by atoms with E-state index >= 15 is 0 Å². The van der Waals surface area contributed by atoms with Crippen LogP contribution in [0.1, 0.15) is 36.0 Å². The van der Waals surface area contributed by atoms with Crippen molar-refractivity contribution in [1.82, 2.24) is 4.98 Å². The maximum Gasteiger partial charge on any atom is 0.339 e. The summed E-state index contributed by atoms with van der Waals surface area (Å²) in [5.41, 5.74) is -0.0266. The molecule has 0 radical (unpaired) electrons. The van der Waals surface area contributed by atoms with Crippen LogP contribution in [0.2, 0.25) is 0 Å². The smallest absolute Gasteiger partial charge is 0.339 e. The van der Waals surface area contributed by atoms with E-state index in [0.717, 1.165) is 25.4 Å². The third kappa shape index (κ3) is 3.03. The van der Waals surface area contributed by atoms with Crippen molar-refractivity contribution in [3.05, 3.63) is 23.6 Å². The zero-order valence-electron chi connectivity index (χ0n) is 10.7. The average molecular weight is 264 g/mol. The van der Waals surface area contributed by atoms with Crippen molar-refractivity contribution in [1.29, 1.82) is 0 Å². The Morgan fingerprint density at radius 1 is 1.32 bits per heavy atom. The van der Waals surface area contributed by atoms with Crippen molar-refractivity contribution in [2.24, 2.45) is 11.8 Å². The molecule has 0 aromatic carbocycles. The zero-order chi connectivity index (χ0) is 13.4. The van der Waals surface area contributed by atoms with Gasteiger partial charge in [-0.25, -0.2) is 14.2 Å². The summed E-state index contributed by atoms with van der Waals surface area (Å²) in [6, 6.07) is 1.07. The molecule has 0 amide bonds. The fourth-order valence-electron chi connectivity index (χ4n) is 2.31. The van der Waals surface area contributed by atoms with Gasteiger partial charge in [-0.15, -0.1) is 0 Å². The molecule has 0 saturated heterocycles. The molecule has 1 aromatic rings. The van der Waals surface area contributed by atoms with Crippen LogP contribution in [-0.2, 0) is 0 Å². The molecule has 3 rings (SSSR count). The van der Waals surface area contributed by atoms with E-state index in [1.807, 2.05) is 4.90 Å². The number of halogens is 1. The minimum atomic E-state index is -1.11. The number of aromatic carboxylic acids is 1. The lowest BCUT2D eigenvalue weighted by Crippen LogP contribution is -2.30. The number of anilines is 1. The molecular weight excluding hydrogens is 247 g/mol. The summed E-state index contributed by atoms with van der Waals surface area (Å²) in [4.78, 5) is 17.3. The van der Waals surface area contributed by atoms with E-state index < -0.39 is 11.8 Å². The van der Waals surface area contributed by atoms with E-state index in [4.69, 9.17) is 0 Å². The summed E-state index contributed by atoms with van der Waals surface area (Å²) in [5.74, 6) is 0.00438. The van der Waals surface area contributed by atoms with Crippen molar-refractivity contribution in [3.8, 4) is 0 Å². The number of carboxylic acid groups (broad SMARTS) is 1. The molecule has 102 valence electrons. The summed E-state index contributed by atoms with van der Waals surface area (Å²) >= 11 is 0. The van der Waals surface area contributed by atoms with Gasteiger partial charge in [0.25, 0.3) is 0 Å². The third-order valence-corrected chi connectivity index (χ3v) is 3.71. The Kier molecular flexibility index (Phi) is 3.12. The summed E-state index contributed by atoms with van der Waals surface area (Å²) in [7, 11) is 0. The van der Waals surface area contributed by atoms with Crippen LogP contribution in [0.3, 0.4) is 0 Å². The second-order valence-electron chi connectivity index (χ2n) is 5.62. The fourth-order valence-corrected chi connectivity index (χ4v) is 2.31. The molecule has 1 heterocycles. The number of rotatable bonds is 6. The molecule has 2 saturated carbocycles. The molecule has 2 fully saturated rings. The van der Waals surface area contributed by atoms with Crippen molar-refractivity contribution in [3.63, 3.8) is 0 Å². The van der Waals surface area contributed by atoms with Gasteiger partial charge in [0.15, 0.2) is 0 Å². The maximum atomic E-state index is 13.2. The van der Waals surface area contributed by atoms with E-state index in [9.17, 15) is 14.3 Å². The minimum Gasteiger partial charge on any atom is -0.478 e. The first-order valence-electron chi connectivity index (χ1n) is 6.77. The molecule has 19 heavy (non-hydrogen) atoms. The molecule has 0 atom stereocenters. The van der Waals surface area contributed by atoms with Gasteiger partial charge in [-0.2, -0.15) is 0 Å². The summed E-state index contributed by atoms with van der Waals surface area (Å²) in [6.07, 6.45) is 5.90. The molecule has 2 aliphatic rings. The zero-order valence-corrected chi connectivity index (χ0v) is 10.7. The summed E-state index contributed by atoms with van der Waals surface area (Å²) < 4.78 is 13.2. The third-order valence-electron chi connectivity index (χ3n) is 3.71. The van der Waals surface area contributed by atoms with Gasteiger partial charge in [-0.3, -0.25) is 0 Å². The van der Waals surface area contributed by atoms with Crippen LogP contribution in [0, 0.1) is 17.7 Å². The molecule has 0 aliphatic heterocycles. The topological polar surface area (TPSA) is 53.4 Å². The highest BCUT2D eigenvalue weighted by molar-refractivity contribution is 5.93. The first-order valence-corrected chi connectivity index (χ1v) is 6.77. The predicted molar refractivity (Wildman–Crippen MR) is 68.8 cm³/mol. The fraction of sp³-hybridized carbons (Fsp3) is 0.571. The number of hydrogen-bond acceptors (Lipinski definition) is 3. The number of carboxylic acids is 1. The summed E-state index contributed by atoms with van der Waals surface area (Å²) in [6.45, 7) is 1.69. The molecule has 0 spiro atoms. The molecule has 5 heteroatoms. The Morgan fingerprint density at radius 3 is 2.37 bits per heavy atom.